The molecule has 7 heteroatoms. The van der Waals surface area contributed by atoms with Gasteiger partial charge in [-0.1, -0.05) is 85.1 Å². The molecule has 5 nitrogen and oxygen atoms in total. The van der Waals surface area contributed by atoms with Crippen LogP contribution < -0.4 is 10.1 Å². The molecule has 1 atom stereocenters. The van der Waals surface area contributed by atoms with Crippen LogP contribution >= 0.6 is 23.2 Å². The third-order valence-electron chi connectivity index (χ3n) is 5.50. The van der Waals surface area contributed by atoms with Crippen molar-refractivity contribution < 1.29 is 14.3 Å². The fourth-order valence-corrected chi connectivity index (χ4v) is 4.07. The monoisotopic (exact) mass is 512 g/mol. The second-order valence-corrected chi connectivity index (χ2v) is 9.12. The zero-order valence-corrected chi connectivity index (χ0v) is 21.3. The van der Waals surface area contributed by atoms with Gasteiger partial charge in [-0.2, -0.15) is 0 Å². The van der Waals surface area contributed by atoms with Gasteiger partial charge in [-0.05, 0) is 47.9 Å². The average molecular weight is 513 g/mol. The highest BCUT2D eigenvalue weighted by molar-refractivity contribution is 6.30. The molecule has 0 radical (unpaired) electrons. The molecule has 1 N–H and O–H groups in total. The van der Waals surface area contributed by atoms with Gasteiger partial charge in [0, 0.05) is 29.6 Å². The summed E-state index contributed by atoms with van der Waals surface area (Å²) in [6, 6.07) is 23.1. The molecule has 3 aromatic carbocycles. The van der Waals surface area contributed by atoms with Crippen LogP contribution in [0.1, 0.15) is 30.9 Å². The van der Waals surface area contributed by atoms with Crippen molar-refractivity contribution in [3.8, 4) is 5.75 Å². The second kappa shape index (κ2) is 13.8. The summed E-state index contributed by atoms with van der Waals surface area (Å²) in [6.45, 7) is 2.61. The Morgan fingerprint density at radius 1 is 0.914 bits per heavy atom. The Kier molecular flexibility index (Phi) is 10.5. The lowest BCUT2D eigenvalue weighted by Gasteiger charge is -2.31. The van der Waals surface area contributed by atoms with Crippen molar-refractivity contribution in [2.45, 2.75) is 38.8 Å². The van der Waals surface area contributed by atoms with Crippen LogP contribution in [0.15, 0.2) is 78.9 Å². The van der Waals surface area contributed by atoms with Crippen molar-refractivity contribution in [2.24, 2.45) is 0 Å². The lowest BCUT2D eigenvalue weighted by Crippen LogP contribution is -2.51. The van der Waals surface area contributed by atoms with E-state index in [9.17, 15) is 9.59 Å². The Labute approximate surface area is 217 Å². The van der Waals surface area contributed by atoms with Gasteiger partial charge in [0.05, 0.1) is 0 Å². The first-order valence-electron chi connectivity index (χ1n) is 11.7. The predicted octanol–water partition coefficient (Wildman–Crippen LogP) is 5.93. The number of nitrogens with one attached hydrogen (secondary N) is 1. The number of halogens is 2. The van der Waals surface area contributed by atoms with Crippen molar-refractivity contribution in [3.05, 3.63) is 100 Å². The molecule has 0 saturated carbocycles. The molecule has 0 spiro atoms. The van der Waals surface area contributed by atoms with Crippen molar-refractivity contribution >= 4 is 35.0 Å². The van der Waals surface area contributed by atoms with Crippen molar-refractivity contribution in [1.29, 1.82) is 0 Å². The molecular formula is C28H30Cl2N2O3. The summed E-state index contributed by atoms with van der Waals surface area (Å²) < 4.78 is 5.74. The first kappa shape index (κ1) is 26.6. The average Bonchev–Trinajstić information content (AvgIpc) is 2.85. The summed E-state index contributed by atoms with van der Waals surface area (Å²) in [6.07, 6.45) is 2.20. The van der Waals surface area contributed by atoms with E-state index in [4.69, 9.17) is 27.9 Å². The van der Waals surface area contributed by atoms with Crippen molar-refractivity contribution in [2.75, 3.05) is 13.2 Å². The van der Waals surface area contributed by atoms with Crippen LogP contribution in [-0.4, -0.2) is 35.9 Å². The van der Waals surface area contributed by atoms with Gasteiger partial charge in [0.15, 0.2) is 6.61 Å². The van der Waals surface area contributed by atoms with Crippen LogP contribution in [0.5, 0.6) is 5.75 Å². The van der Waals surface area contributed by atoms with Crippen LogP contribution in [0.3, 0.4) is 0 Å². The zero-order chi connectivity index (χ0) is 25.0. The molecule has 3 rings (SSSR count). The molecular weight excluding hydrogens is 483 g/mol. The van der Waals surface area contributed by atoms with E-state index in [-0.39, 0.29) is 25.0 Å². The van der Waals surface area contributed by atoms with Crippen molar-refractivity contribution in [1.82, 2.24) is 10.2 Å². The standard InChI is InChI=1S/C28H30Cl2N2O3/c1-2-3-15-31-28(34)26(17-21-9-5-4-6-10-21)32(19-22-11-7-12-23(29)16-22)27(33)20-35-25-14-8-13-24(30)18-25/h4-14,16,18,26H,2-3,15,17,19-20H2,1H3,(H,31,34)/t26-/m0/s1. The molecule has 3 aromatic rings. The van der Waals surface area contributed by atoms with E-state index in [1.54, 1.807) is 41.3 Å². The lowest BCUT2D eigenvalue weighted by molar-refractivity contribution is -0.142. The van der Waals surface area contributed by atoms with Gasteiger partial charge in [0.1, 0.15) is 11.8 Å². The van der Waals surface area contributed by atoms with E-state index >= 15 is 0 Å². The highest BCUT2D eigenvalue weighted by Crippen LogP contribution is 2.20. The molecule has 0 unspecified atom stereocenters. The maximum absolute atomic E-state index is 13.5. The molecule has 184 valence electrons. The number of nitrogens with zero attached hydrogens (tertiary/aromatic N) is 1. The number of rotatable bonds is 12. The molecule has 0 fully saturated rings. The van der Waals surface area contributed by atoms with Crippen LogP contribution in [0.2, 0.25) is 10.0 Å². The van der Waals surface area contributed by atoms with Crippen LogP contribution in [0.25, 0.3) is 0 Å². The van der Waals surface area contributed by atoms with Gasteiger partial charge in [-0.3, -0.25) is 9.59 Å². The Hall–Kier alpha value is -3.02. The maximum atomic E-state index is 13.5. The maximum Gasteiger partial charge on any atom is 0.261 e. The summed E-state index contributed by atoms with van der Waals surface area (Å²) in [5.74, 6) is -0.0162. The van der Waals surface area contributed by atoms with E-state index in [0.29, 0.717) is 28.8 Å². The zero-order valence-electron chi connectivity index (χ0n) is 19.8. The number of benzene rings is 3. The fraction of sp³-hybridized carbons (Fsp3) is 0.286. The molecule has 2 amide bonds. The van der Waals surface area contributed by atoms with E-state index in [1.807, 2.05) is 42.5 Å². The van der Waals surface area contributed by atoms with E-state index in [1.165, 1.54) is 0 Å². The Balaban J connectivity index is 1.88. The van der Waals surface area contributed by atoms with Gasteiger partial charge in [0.25, 0.3) is 5.91 Å². The summed E-state index contributed by atoms with van der Waals surface area (Å²) in [4.78, 5) is 28.4. The third kappa shape index (κ3) is 8.61. The molecule has 0 bridgehead atoms. The number of ether oxygens (including phenoxy) is 1. The van der Waals surface area contributed by atoms with Crippen LogP contribution in [0, 0.1) is 0 Å². The predicted molar refractivity (Wildman–Crippen MR) is 141 cm³/mol. The second-order valence-electron chi connectivity index (χ2n) is 8.25. The number of carbonyl (C=O) groups excluding carboxylic acids is 2. The van der Waals surface area contributed by atoms with Crippen LogP contribution in [0.4, 0.5) is 0 Å². The summed E-state index contributed by atoms with van der Waals surface area (Å²) >= 11 is 12.2. The summed E-state index contributed by atoms with van der Waals surface area (Å²) in [7, 11) is 0. The van der Waals surface area contributed by atoms with E-state index in [0.717, 1.165) is 24.0 Å². The minimum absolute atomic E-state index is 0.194. The Bertz CT molecular complexity index is 1110. The molecule has 0 heterocycles. The highest BCUT2D eigenvalue weighted by Gasteiger charge is 2.30. The number of hydrogen-bond acceptors (Lipinski definition) is 3. The summed E-state index contributed by atoms with van der Waals surface area (Å²) in [5, 5.41) is 4.08. The smallest absolute Gasteiger partial charge is 0.261 e. The minimum Gasteiger partial charge on any atom is -0.484 e. The lowest BCUT2D eigenvalue weighted by atomic mass is 10.0. The largest absolute Gasteiger partial charge is 0.484 e. The molecule has 0 aliphatic heterocycles. The Morgan fingerprint density at radius 2 is 1.60 bits per heavy atom. The Morgan fingerprint density at radius 3 is 2.29 bits per heavy atom. The number of unbranched alkanes of at least 4 members (excludes halogenated alkanes) is 1. The van der Waals surface area contributed by atoms with Gasteiger partial charge < -0.3 is 15.0 Å². The number of carbonyl (C=O) groups is 2. The van der Waals surface area contributed by atoms with E-state index in [2.05, 4.69) is 12.2 Å². The van der Waals surface area contributed by atoms with Gasteiger partial charge in [0.2, 0.25) is 5.91 Å². The highest BCUT2D eigenvalue weighted by atomic mass is 35.5. The van der Waals surface area contributed by atoms with Gasteiger partial charge in [-0.15, -0.1) is 0 Å². The number of amides is 2. The topological polar surface area (TPSA) is 58.6 Å². The van der Waals surface area contributed by atoms with Crippen molar-refractivity contribution in [3.63, 3.8) is 0 Å². The molecule has 0 aromatic heterocycles. The SMILES string of the molecule is CCCCNC(=O)[C@H](Cc1ccccc1)N(Cc1cccc(Cl)c1)C(=O)COc1cccc(Cl)c1. The third-order valence-corrected chi connectivity index (χ3v) is 5.97. The summed E-state index contributed by atoms with van der Waals surface area (Å²) in [5.41, 5.74) is 1.79. The minimum atomic E-state index is -0.719. The fourth-order valence-electron chi connectivity index (χ4n) is 3.68. The normalized spacial score (nSPS) is 11.5. The van der Waals surface area contributed by atoms with E-state index < -0.39 is 6.04 Å². The quantitative estimate of drug-likeness (QED) is 0.306. The first-order valence-corrected chi connectivity index (χ1v) is 12.5. The molecule has 0 aliphatic carbocycles. The molecule has 0 saturated heterocycles. The first-order chi connectivity index (χ1) is 17.0. The van der Waals surface area contributed by atoms with Gasteiger partial charge >= 0.3 is 0 Å². The van der Waals surface area contributed by atoms with Gasteiger partial charge in [-0.25, -0.2) is 0 Å². The van der Waals surface area contributed by atoms with Crippen LogP contribution in [-0.2, 0) is 22.6 Å². The molecule has 35 heavy (non-hydrogen) atoms. The molecule has 0 aliphatic rings. The number of hydrogen-bond donors (Lipinski definition) is 1.